The maximum absolute atomic E-state index is 11.7. The van der Waals surface area contributed by atoms with Gasteiger partial charge in [-0.2, -0.15) is 0 Å². The summed E-state index contributed by atoms with van der Waals surface area (Å²) in [6.45, 7) is 19.3. The number of benzene rings is 2. The number of carbonyl (C=O) groups excluding carboxylic acids is 2. The minimum atomic E-state index is -0.413. The summed E-state index contributed by atoms with van der Waals surface area (Å²) in [5.74, 6) is 0.748. The lowest BCUT2D eigenvalue weighted by molar-refractivity contribution is -0.148. The van der Waals surface area contributed by atoms with Crippen LogP contribution < -0.4 is 9.47 Å². The smallest absolute Gasteiger partial charge is 0.333 e. The summed E-state index contributed by atoms with van der Waals surface area (Å²) in [4.78, 5) is 23.4. The molecule has 3 rings (SSSR count). The lowest BCUT2D eigenvalue weighted by Gasteiger charge is -2.39. The number of hydrogen-bond donors (Lipinski definition) is 0. The molecule has 4 unspecified atom stereocenters. The molecule has 0 saturated heterocycles. The first-order valence-electron chi connectivity index (χ1n) is 16.3. The third-order valence-corrected chi connectivity index (χ3v) is 8.03. The summed E-state index contributed by atoms with van der Waals surface area (Å²) in [6.07, 6.45) is 4.72. The van der Waals surface area contributed by atoms with Gasteiger partial charge in [0.1, 0.15) is 36.9 Å². The number of ether oxygens (including phenoxy) is 6. The van der Waals surface area contributed by atoms with Gasteiger partial charge in [-0.25, -0.2) is 9.59 Å². The predicted molar refractivity (Wildman–Crippen MR) is 179 cm³/mol. The van der Waals surface area contributed by atoms with Crippen molar-refractivity contribution in [2.24, 2.45) is 0 Å². The van der Waals surface area contributed by atoms with Crippen LogP contribution in [-0.4, -0.2) is 62.8 Å². The third kappa shape index (κ3) is 11.3. The molecule has 1 fully saturated rings. The van der Waals surface area contributed by atoms with Crippen molar-refractivity contribution in [2.75, 3.05) is 26.4 Å². The van der Waals surface area contributed by atoms with Gasteiger partial charge in [-0.05, 0) is 89.8 Å². The van der Waals surface area contributed by atoms with E-state index in [1.54, 1.807) is 27.7 Å². The molecule has 0 amide bonds. The summed E-state index contributed by atoms with van der Waals surface area (Å²) < 4.78 is 34.2. The zero-order chi connectivity index (χ0) is 33.7. The Morgan fingerprint density at radius 1 is 0.609 bits per heavy atom. The molecule has 0 spiro atoms. The summed E-state index contributed by atoms with van der Waals surface area (Å²) in [5, 5.41) is 0. The molecule has 8 nitrogen and oxygen atoms in total. The summed E-state index contributed by atoms with van der Waals surface area (Å²) in [6, 6.07) is 16.9. The van der Waals surface area contributed by atoms with Crippen molar-refractivity contribution in [1.29, 1.82) is 0 Å². The van der Waals surface area contributed by atoms with E-state index in [1.165, 1.54) is 30.4 Å². The quantitative estimate of drug-likeness (QED) is 0.123. The van der Waals surface area contributed by atoms with Crippen LogP contribution in [0.1, 0.15) is 84.8 Å². The molecule has 4 atom stereocenters. The maximum Gasteiger partial charge on any atom is 0.333 e. The largest absolute Gasteiger partial charge is 0.491 e. The van der Waals surface area contributed by atoms with Gasteiger partial charge in [-0.3, -0.25) is 0 Å². The Morgan fingerprint density at radius 3 is 1.33 bits per heavy atom. The number of hydrogen-bond acceptors (Lipinski definition) is 8. The van der Waals surface area contributed by atoms with E-state index in [2.05, 4.69) is 37.4 Å². The van der Waals surface area contributed by atoms with Crippen molar-refractivity contribution in [3.63, 3.8) is 0 Å². The first kappa shape index (κ1) is 36.8. The zero-order valence-electron chi connectivity index (χ0n) is 28.5. The van der Waals surface area contributed by atoms with Crippen LogP contribution in [-0.2, 0) is 34.0 Å². The monoisotopic (exact) mass is 636 g/mol. The third-order valence-electron chi connectivity index (χ3n) is 8.03. The van der Waals surface area contributed by atoms with Gasteiger partial charge in [-0.15, -0.1) is 0 Å². The Balaban J connectivity index is 1.53. The first-order chi connectivity index (χ1) is 21.9. The highest BCUT2D eigenvalue weighted by Crippen LogP contribution is 2.45. The maximum atomic E-state index is 11.7. The molecule has 0 aromatic heterocycles. The highest BCUT2D eigenvalue weighted by Gasteiger charge is 2.35. The van der Waals surface area contributed by atoms with Crippen molar-refractivity contribution in [1.82, 2.24) is 0 Å². The van der Waals surface area contributed by atoms with Crippen LogP contribution >= 0.6 is 0 Å². The standard InChI is InChI=1S/C38H52O8/c1-26(2)36(39)45-30(7)24-41-28(5)22-43-34-16-12-32(13-17-34)38(20-10-9-11-21-38)33-14-18-35(19-15-33)44-23-29(6)42-25-31(8)46-37(40)27(3)4/h12-19,28-31H,1,3,9-11,20-25H2,2,4-8H3. The average molecular weight is 637 g/mol. The van der Waals surface area contributed by atoms with Crippen LogP contribution in [0.3, 0.4) is 0 Å². The van der Waals surface area contributed by atoms with E-state index in [9.17, 15) is 9.59 Å². The Labute approximate surface area is 275 Å². The van der Waals surface area contributed by atoms with Crippen molar-refractivity contribution in [3.05, 3.63) is 84.0 Å². The van der Waals surface area contributed by atoms with Crippen LogP contribution in [0.4, 0.5) is 0 Å². The molecule has 1 saturated carbocycles. The van der Waals surface area contributed by atoms with Crippen molar-refractivity contribution in [3.8, 4) is 11.5 Å². The van der Waals surface area contributed by atoms with E-state index in [1.807, 2.05) is 38.1 Å². The van der Waals surface area contributed by atoms with Gasteiger partial charge in [0, 0.05) is 16.6 Å². The van der Waals surface area contributed by atoms with Crippen molar-refractivity contribution in [2.45, 2.75) is 103 Å². The minimum absolute atomic E-state index is 0.0587. The molecule has 0 heterocycles. The predicted octanol–water partition coefficient (Wildman–Crippen LogP) is 7.52. The Bertz CT molecular complexity index is 1180. The molecule has 0 N–H and O–H groups in total. The topological polar surface area (TPSA) is 89.5 Å². The van der Waals surface area contributed by atoms with Crippen LogP contribution in [0.15, 0.2) is 72.8 Å². The van der Waals surface area contributed by atoms with Gasteiger partial charge in [0.2, 0.25) is 0 Å². The van der Waals surface area contributed by atoms with Gasteiger partial charge in [0.05, 0.1) is 25.4 Å². The molecule has 2 aromatic rings. The lowest BCUT2D eigenvalue weighted by Crippen LogP contribution is -2.30. The van der Waals surface area contributed by atoms with Crippen molar-refractivity contribution >= 4 is 11.9 Å². The summed E-state index contributed by atoms with van der Waals surface area (Å²) in [7, 11) is 0. The second-order valence-corrected chi connectivity index (χ2v) is 12.6. The van der Waals surface area contributed by atoms with E-state index < -0.39 is 11.9 Å². The molecule has 2 aromatic carbocycles. The van der Waals surface area contributed by atoms with Gasteiger partial charge >= 0.3 is 11.9 Å². The fraction of sp³-hybridized carbons (Fsp3) is 0.526. The van der Waals surface area contributed by atoms with Crippen LogP contribution in [0.2, 0.25) is 0 Å². The second-order valence-electron chi connectivity index (χ2n) is 12.6. The van der Waals surface area contributed by atoms with Crippen molar-refractivity contribution < 1.29 is 38.0 Å². The van der Waals surface area contributed by atoms with E-state index >= 15 is 0 Å². The van der Waals surface area contributed by atoms with Gasteiger partial charge in [-0.1, -0.05) is 56.7 Å². The minimum Gasteiger partial charge on any atom is -0.491 e. The second kappa shape index (κ2) is 17.9. The first-order valence-corrected chi connectivity index (χ1v) is 16.3. The van der Waals surface area contributed by atoms with E-state index in [4.69, 9.17) is 28.4 Å². The fourth-order valence-electron chi connectivity index (χ4n) is 5.40. The van der Waals surface area contributed by atoms with Crippen LogP contribution in [0.5, 0.6) is 11.5 Å². The number of esters is 2. The summed E-state index contributed by atoms with van der Waals surface area (Å²) >= 11 is 0. The molecular formula is C38H52O8. The Hall–Kier alpha value is -3.62. The van der Waals surface area contributed by atoms with E-state index in [0.29, 0.717) is 24.4 Å². The molecule has 0 radical (unpaired) electrons. The Morgan fingerprint density at radius 2 is 0.978 bits per heavy atom. The average Bonchev–Trinajstić information content (AvgIpc) is 3.05. The molecular weight excluding hydrogens is 584 g/mol. The van der Waals surface area contributed by atoms with Gasteiger partial charge < -0.3 is 28.4 Å². The van der Waals surface area contributed by atoms with Crippen LogP contribution in [0, 0.1) is 0 Å². The van der Waals surface area contributed by atoms with Crippen LogP contribution in [0.25, 0.3) is 0 Å². The molecule has 0 aliphatic heterocycles. The van der Waals surface area contributed by atoms with Gasteiger partial charge in [0.25, 0.3) is 0 Å². The number of rotatable bonds is 18. The molecule has 0 bridgehead atoms. The SMILES string of the molecule is C=C(C)C(=O)OC(C)COC(C)COc1ccc(C2(c3ccc(OCC(C)OCC(C)OC(=O)C(=C)C)cc3)CCCCC2)cc1. The van der Waals surface area contributed by atoms with E-state index in [0.717, 1.165) is 24.3 Å². The highest BCUT2D eigenvalue weighted by molar-refractivity contribution is 5.87. The highest BCUT2D eigenvalue weighted by atomic mass is 16.6. The Kier molecular flexibility index (Phi) is 14.3. The summed E-state index contributed by atoms with van der Waals surface area (Å²) in [5.41, 5.74) is 3.25. The molecule has 46 heavy (non-hydrogen) atoms. The fourth-order valence-corrected chi connectivity index (χ4v) is 5.40. The van der Waals surface area contributed by atoms with Gasteiger partial charge in [0.15, 0.2) is 0 Å². The molecule has 252 valence electrons. The zero-order valence-corrected chi connectivity index (χ0v) is 28.5. The number of carbonyl (C=O) groups is 2. The lowest BCUT2D eigenvalue weighted by atomic mass is 9.65. The molecule has 1 aliphatic carbocycles. The van der Waals surface area contributed by atoms with E-state index in [-0.39, 0.29) is 43.0 Å². The normalized spacial score (nSPS) is 16.7. The molecule has 1 aliphatic rings. The molecule has 8 heteroatoms.